The van der Waals surface area contributed by atoms with Crippen molar-refractivity contribution < 1.29 is 4.79 Å². The minimum atomic E-state index is -0.432. The second kappa shape index (κ2) is 3.82. The summed E-state index contributed by atoms with van der Waals surface area (Å²) in [7, 11) is 0. The summed E-state index contributed by atoms with van der Waals surface area (Å²) >= 11 is 5.88. The van der Waals surface area contributed by atoms with Gasteiger partial charge in [-0.1, -0.05) is 0 Å². The molecule has 0 radical (unpaired) electrons. The normalized spacial score (nSPS) is 20.7. The molecule has 2 aliphatic rings. The molecule has 1 amide bonds. The minimum Gasteiger partial charge on any atom is -0.338 e. The number of fused-ring (bicyclic) bond motifs is 1. The number of anilines is 2. The molecule has 1 aliphatic carbocycles. The Morgan fingerprint density at radius 1 is 1.50 bits per heavy atom. The van der Waals surface area contributed by atoms with Gasteiger partial charge < -0.3 is 10.2 Å². The molecular formula is C12H15ClN4O. The van der Waals surface area contributed by atoms with Crippen LogP contribution in [0.2, 0.25) is 5.28 Å². The van der Waals surface area contributed by atoms with E-state index in [0.717, 1.165) is 25.1 Å². The van der Waals surface area contributed by atoms with Gasteiger partial charge in [0.1, 0.15) is 11.2 Å². The summed E-state index contributed by atoms with van der Waals surface area (Å²) in [6.45, 7) is 4.14. The van der Waals surface area contributed by atoms with Crippen LogP contribution < -0.4 is 10.2 Å². The standard InChI is InChI=1S/C12H15ClN4O/c1-7(2)17-9-8(6-14-11(13)16-9)15-10(18)12(17)4-3-5-12/h6-7H,3-5H2,1-2H3,(H,15,18). The molecule has 2 heterocycles. The van der Waals surface area contributed by atoms with E-state index in [0.29, 0.717) is 5.69 Å². The molecule has 1 aliphatic heterocycles. The largest absolute Gasteiger partial charge is 0.338 e. The van der Waals surface area contributed by atoms with Crippen LogP contribution in [-0.2, 0) is 4.79 Å². The summed E-state index contributed by atoms with van der Waals surface area (Å²) in [6, 6.07) is 0.195. The summed E-state index contributed by atoms with van der Waals surface area (Å²) in [5, 5.41) is 3.11. The van der Waals surface area contributed by atoms with Crippen molar-refractivity contribution in [3.63, 3.8) is 0 Å². The zero-order valence-electron chi connectivity index (χ0n) is 10.4. The van der Waals surface area contributed by atoms with Crippen LogP contribution in [0, 0.1) is 0 Å². The highest BCUT2D eigenvalue weighted by Crippen LogP contribution is 2.47. The van der Waals surface area contributed by atoms with E-state index in [1.165, 1.54) is 0 Å². The maximum Gasteiger partial charge on any atom is 0.250 e. The average molecular weight is 267 g/mol. The Balaban J connectivity index is 2.16. The van der Waals surface area contributed by atoms with E-state index in [1.807, 2.05) is 0 Å². The fraction of sp³-hybridized carbons (Fsp3) is 0.583. The Labute approximate surface area is 111 Å². The molecule has 1 aromatic heterocycles. The van der Waals surface area contributed by atoms with Crippen LogP contribution in [0.25, 0.3) is 0 Å². The first-order chi connectivity index (χ1) is 8.54. The van der Waals surface area contributed by atoms with Crippen LogP contribution in [0.3, 0.4) is 0 Å². The van der Waals surface area contributed by atoms with Crippen LogP contribution in [0.4, 0.5) is 11.5 Å². The van der Waals surface area contributed by atoms with E-state index >= 15 is 0 Å². The topological polar surface area (TPSA) is 58.1 Å². The van der Waals surface area contributed by atoms with Gasteiger partial charge in [0, 0.05) is 6.04 Å². The average Bonchev–Trinajstić information content (AvgIpc) is 2.25. The Morgan fingerprint density at radius 2 is 2.22 bits per heavy atom. The third-order valence-electron chi connectivity index (χ3n) is 3.80. The lowest BCUT2D eigenvalue weighted by Crippen LogP contribution is -2.66. The van der Waals surface area contributed by atoms with Crippen molar-refractivity contribution in [2.24, 2.45) is 0 Å². The molecule has 1 saturated carbocycles. The molecule has 0 bridgehead atoms. The quantitative estimate of drug-likeness (QED) is 0.792. The lowest BCUT2D eigenvalue weighted by molar-refractivity contribution is -0.124. The van der Waals surface area contributed by atoms with E-state index in [1.54, 1.807) is 6.20 Å². The molecule has 1 N–H and O–H groups in total. The van der Waals surface area contributed by atoms with Crippen molar-refractivity contribution in [2.45, 2.75) is 44.7 Å². The van der Waals surface area contributed by atoms with E-state index in [2.05, 4.69) is 34.0 Å². The molecule has 1 fully saturated rings. The number of amides is 1. The number of aromatic nitrogens is 2. The third kappa shape index (κ3) is 1.43. The van der Waals surface area contributed by atoms with E-state index < -0.39 is 5.54 Å². The molecule has 5 nitrogen and oxygen atoms in total. The third-order valence-corrected chi connectivity index (χ3v) is 3.98. The highest BCUT2D eigenvalue weighted by Gasteiger charge is 2.53. The molecule has 18 heavy (non-hydrogen) atoms. The predicted octanol–water partition coefficient (Wildman–Crippen LogP) is 2.22. The van der Waals surface area contributed by atoms with Crippen molar-refractivity contribution in [3.05, 3.63) is 11.5 Å². The van der Waals surface area contributed by atoms with Crippen molar-refractivity contribution in [2.75, 3.05) is 10.2 Å². The van der Waals surface area contributed by atoms with Crippen molar-refractivity contribution in [1.82, 2.24) is 9.97 Å². The highest BCUT2D eigenvalue weighted by atomic mass is 35.5. The van der Waals surface area contributed by atoms with E-state index in [4.69, 9.17) is 11.6 Å². The highest BCUT2D eigenvalue weighted by molar-refractivity contribution is 6.28. The second-order valence-electron chi connectivity index (χ2n) is 5.18. The van der Waals surface area contributed by atoms with Crippen LogP contribution in [0.5, 0.6) is 0 Å². The van der Waals surface area contributed by atoms with E-state index in [9.17, 15) is 4.79 Å². The summed E-state index contributed by atoms with van der Waals surface area (Å²) in [5.74, 6) is 0.796. The first-order valence-electron chi connectivity index (χ1n) is 6.18. The van der Waals surface area contributed by atoms with Crippen LogP contribution in [-0.4, -0.2) is 27.5 Å². The van der Waals surface area contributed by atoms with Crippen molar-refractivity contribution in [1.29, 1.82) is 0 Å². The zero-order valence-corrected chi connectivity index (χ0v) is 11.2. The Hall–Kier alpha value is -1.36. The second-order valence-corrected chi connectivity index (χ2v) is 5.52. The number of carbonyl (C=O) groups is 1. The molecule has 0 aromatic carbocycles. The number of halogens is 1. The van der Waals surface area contributed by atoms with Crippen LogP contribution in [0.15, 0.2) is 6.20 Å². The van der Waals surface area contributed by atoms with Gasteiger partial charge >= 0.3 is 0 Å². The molecule has 0 atom stereocenters. The lowest BCUT2D eigenvalue weighted by Gasteiger charge is -2.53. The fourth-order valence-corrected chi connectivity index (χ4v) is 3.02. The maximum absolute atomic E-state index is 12.3. The Morgan fingerprint density at radius 3 is 2.78 bits per heavy atom. The number of rotatable bonds is 1. The molecule has 1 aromatic rings. The van der Waals surface area contributed by atoms with Crippen LogP contribution >= 0.6 is 11.6 Å². The first-order valence-corrected chi connectivity index (χ1v) is 6.56. The summed E-state index contributed by atoms with van der Waals surface area (Å²) < 4.78 is 0. The monoisotopic (exact) mass is 266 g/mol. The predicted molar refractivity (Wildman–Crippen MR) is 69.9 cm³/mol. The molecule has 3 rings (SSSR count). The number of hydrogen-bond donors (Lipinski definition) is 1. The van der Waals surface area contributed by atoms with Gasteiger partial charge in [-0.05, 0) is 44.7 Å². The smallest absolute Gasteiger partial charge is 0.250 e. The minimum absolute atomic E-state index is 0.0564. The summed E-state index contributed by atoms with van der Waals surface area (Å²) in [6.07, 6.45) is 4.39. The molecule has 96 valence electrons. The number of nitrogens with one attached hydrogen (secondary N) is 1. The van der Waals surface area contributed by atoms with Gasteiger partial charge in [0.2, 0.25) is 11.2 Å². The Kier molecular flexibility index (Phi) is 2.48. The van der Waals surface area contributed by atoms with Gasteiger partial charge in [0.15, 0.2) is 5.82 Å². The molecule has 0 unspecified atom stereocenters. The Bertz CT molecular complexity index is 513. The van der Waals surface area contributed by atoms with Gasteiger partial charge in [-0.2, -0.15) is 4.98 Å². The fourth-order valence-electron chi connectivity index (χ4n) is 2.89. The number of carbonyl (C=O) groups excluding carboxylic acids is 1. The maximum atomic E-state index is 12.3. The SMILES string of the molecule is CC(C)N1c2nc(Cl)ncc2NC(=O)C12CCC2. The lowest BCUT2D eigenvalue weighted by atomic mass is 9.72. The molecule has 1 spiro atoms. The summed E-state index contributed by atoms with van der Waals surface area (Å²) in [5.41, 5.74) is 0.217. The molecular weight excluding hydrogens is 252 g/mol. The van der Waals surface area contributed by atoms with Crippen LogP contribution in [0.1, 0.15) is 33.1 Å². The first kappa shape index (κ1) is 11.7. The van der Waals surface area contributed by atoms with Crippen molar-refractivity contribution in [3.8, 4) is 0 Å². The van der Waals surface area contributed by atoms with Gasteiger partial charge in [-0.25, -0.2) is 4.98 Å². The van der Waals surface area contributed by atoms with Crippen molar-refractivity contribution >= 4 is 29.0 Å². The van der Waals surface area contributed by atoms with Gasteiger partial charge in [-0.15, -0.1) is 0 Å². The van der Waals surface area contributed by atoms with Gasteiger partial charge in [-0.3, -0.25) is 4.79 Å². The summed E-state index contributed by atoms with van der Waals surface area (Å²) in [4.78, 5) is 22.6. The molecule has 0 saturated heterocycles. The zero-order chi connectivity index (χ0) is 12.9. The van der Waals surface area contributed by atoms with Gasteiger partial charge in [0.05, 0.1) is 6.20 Å². The number of hydrogen-bond acceptors (Lipinski definition) is 4. The number of nitrogens with zero attached hydrogens (tertiary/aromatic N) is 3. The molecule has 6 heteroatoms. The van der Waals surface area contributed by atoms with Gasteiger partial charge in [0.25, 0.3) is 0 Å². The van der Waals surface area contributed by atoms with E-state index in [-0.39, 0.29) is 17.2 Å².